The van der Waals surface area contributed by atoms with Crippen LogP contribution in [-0.4, -0.2) is 27.1 Å². The van der Waals surface area contributed by atoms with E-state index >= 15 is 0 Å². The molecule has 1 N–H and O–H groups in total. The second-order valence-electron chi connectivity index (χ2n) is 6.32. The topological polar surface area (TPSA) is 66.5 Å². The quantitative estimate of drug-likeness (QED) is 0.846. The zero-order chi connectivity index (χ0) is 18.9. The molecule has 0 bridgehead atoms. The van der Waals surface area contributed by atoms with Crippen LogP contribution in [0.3, 0.4) is 0 Å². The summed E-state index contributed by atoms with van der Waals surface area (Å²) in [5.41, 5.74) is 3.31. The van der Waals surface area contributed by atoms with Crippen molar-refractivity contribution in [2.45, 2.75) is 25.8 Å². The number of fused-ring (bicyclic) bond motifs is 1. The third kappa shape index (κ3) is 3.71. The summed E-state index contributed by atoms with van der Waals surface area (Å²) in [6.45, 7) is 1.60. The lowest BCUT2D eigenvalue weighted by Crippen LogP contribution is -2.29. The molecular formula is C19H21ClN2O3S. The Morgan fingerprint density at radius 2 is 1.92 bits per heavy atom. The largest absolute Gasteiger partial charge is 0.345 e. The minimum Gasteiger partial charge on any atom is -0.345 e. The number of rotatable bonds is 5. The predicted molar refractivity (Wildman–Crippen MR) is 104 cm³/mol. The fraction of sp³-hybridized carbons (Fsp3) is 0.316. The summed E-state index contributed by atoms with van der Waals surface area (Å²) in [6, 6.07) is 12.3. The summed E-state index contributed by atoms with van der Waals surface area (Å²) in [4.78, 5) is 12.5. The van der Waals surface area contributed by atoms with Gasteiger partial charge in [-0.1, -0.05) is 17.7 Å². The Morgan fingerprint density at radius 3 is 2.58 bits per heavy atom. The highest BCUT2D eigenvalue weighted by atomic mass is 35.5. The Kier molecular flexibility index (Phi) is 5.25. The first-order chi connectivity index (χ1) is 12.3. The molecule has 5 nitrogen and oxygen atoms in total. The normalized spacial score (nSPS) is 16.2. The van der Waals surface area contributed by atoms with Crippen LogP contribution in [0.5, 0.6) is 0 Å². The fourth-order valence-electron chi connectivity index (χ4n) is 3.15. The molecule has 2 aromatic rings. The summed E-state index contributed by atoms with van der Waals surface area (Å²) in [7, 11) is -1.81. The smallest absolute Gasteiger partial charge is 0.251 e. The van der Waals surface area contributed by atoms with Crippen molar-refractivity contribution in [3.8, 4) is 0 Å². The highest BCUT2D eigenvalue weighted by Crippen LogP contribution is 2.33. The van der Waals surface area contributed by atoms with Gasteiger partial charge in [-0.05, 0) is 67.3 Å². The van der Waals surface area contributed by atoms with Gasteiger partial charge in [0.2, 0.25) is 10.0 Å². The van der Waals surface area contributed by atoms with Crippen LogP contribution >= 0.6 is 11.6 Å². The molecule has 0 fully saturated rings. The van der Waals surface area contributed by atoms with E-state index in [9.17, 15) is 13.2 Å². The minimum atomic E-state index is -3.32. The molecular weight excluding hydrogens is 372 g/mol. The molecule has 2 aromatic carbocycles. The third-order valence-electron chi connectivity index (χ3n) is 4.76. The van der Waals surface area contributed by atoms with Crippen LogP contribution in [0.1, 0.15) is 40.9 Å². The number of hydrogen-bond acceptors (Lipinski definition) is 3. The molecule has 1 atom stereocenters. The molecule has 0 saturated carbocycles. The highest BCUT2D eigenvalue weighted by Gasteiger charge is 2.24. The average Bonchev–Trinajstić information content (AvgIpc) is 3.03. The Bertz CT molecular complexity index is 926. The van der Waals surface area contributed by atoms with Crippen molar-refractivity contribution in [2.75, 3.05) is 17.1 Å². The molecule has 0 spiro atoms. The van der Waals surface area contributed by atoms with Crippen LogP contribution in [0, 0.1) is 0 Å². The van der Waals surface area contributed by atoms with Crippen LogP contribution in [0.2, 0.25) is 5.02 Å². The van der Waals surface area contributed by atoms with E-state index in [-0.39, 0.29) is 17.7 Å². The van der Waals surface area contributed by atoms with Gasteiger partial charge in [0, 0.05) is 17.6 Å². The monoisotopic (exact) mass is 392 g/mol. The molecule has 1 aliphatic rings. The second kappa shape index (κ2) is 7.29. The molecule has 0 unspecified atom stereocenters. The number of nitrogens with one attached hydrogen (secondary N) is 1. The van der Waals surface area contributed by atoms with Gasteiger partial charge in [0.25, 0.3) is 5.91 Å². The zero-order valence-electron chi connectivity index (χ0n) is 14.7. The number of amides is 1. The molecule has 138 valence electrons. The van der Waals surface area contributed by atoms with Gasteiger partial charge in [0.05, 0.1) is 17.5 Å². The Balaban J connectivity index is 1.72. The summed E-state index contributed by atoms with van der Waals surface area (Å²) in [5, 5.41) is 3.75. The van der Waals surface area contributed by atoms with Gasteiger partial charge in [0.15, 0.2) is 0 Å². The average molecular weight is 393 g/mol. The molecule has 1 aliphatic carbocycles. The molecule has 0 heterocycles. The highest BCUT2D eigenvalue weighted by molar-refractivity contribution is 7.92. The molecule has 0 aromatic heterocycles. The van der Waals surface area contributed by atoms with E-state index in [0.717, 1.165) is 18.4 Å². The fourth-order valence-corrected chi connectivity index (χ4v) is 4.18. The van der Waals surface area contributed by atoms with Gasteiger partial charge >= 0.3 is 0 Å². The summed E-state index contributed by atoms with van der Waals surface area (Å²) in [6.07, 6.45) is 1.73. The van der Waals surface area contributed by atoms with E-state index in [0.29, 0.717) is 16.3 Å². The molecule has 0 saturated heterocycles. The number of carbonyl (C=O) groups is 1. The van der Waals surface area contributed by atoms with Gasteiger partial charge in [-0.15, -0.1) is 0 Å². The number of nitrogens with zero attached hydrogens (tertiary/aromatic N) is 1. The SMILES string of the molecule is CCS(=O)(=O)N(C)c1ccc(C(=O)N[C@H]2CCc3cc(Cl)ccc32)cc1. The van der Waals surface area contributed by atoms with Gasteiger partial charge in [-0.25, -0.2) is 8.42 Å². The Hall–Kier alpha value is -2.05. The van der Waals surface area contributed by atoms with E-state index in [1.165, 1.54) is 16.9 Å². The maximum Gasteiger partial charge on any atom is 0.251 e. The lowest BCUT2D eigenvalue weighted by Gasteiger charge is -2.19. The van der Waals surface area contributed by atoms with Crippen molar-refractivity contribution in [3.05, 3.63) is 64.2 Å². The Morgan fingerprint density at radius 1 is 1.23 bits per heavy atom. The predicted octanol–water partition coefficient (Wildman–Crippen LogP) is 3.54. The summed E-state index contributed by atoms with van der Waals surface area (Å²) in [5.74, 6) is -0.151. The first-order valence-corrected chi connectivity index (χ1v) is 10.5. The van der Waals surface area contributed by atoms with Crippen LogP contribution in [-0.2, 0) is 16.4 Å². The first-order valence-electron chi connectivity index (χ1n) is 8.47. The van der Waals surface area contributed by atoms with Crippen molar-refractivity contribution in [1.82, 2.24) is 5.32 Å². The van der Waals surface area contributed by atoms with Crippen molar-refractivity contribution in [1.29, 1.82) is 0 Å². The van der Waals surface area contributed by atoms with Crippen molar-refractivity contribution >= 4 is 33.2 Å². The van der Waals surface area contributed by atoms with Gasteiger partial charge < -0.3 is 5.32 Å². The number of anilines is 1. The molecule has 0 radical (unpaired) electrons. The van der Waals surface area contributed by atoms with Crippen LogP contribution in [0.15, 0.2) is 42.5 Å². The van der Waals surface area contributed by atoms with E-state index in [2.05, 4.69) is 5.32 Å². The van der Waals surface area contributed by atoms with E-state index in [4.69, 9.17) is 11.6 Å². The van der Waals surface area contributed by atoms with Gasteiger partial charge in [0.1, 0.15) is 0 Å². The van der Waals surface area contributed by atoms with E-state index in [1.54, 1.807) is 31.2 Å². The van der Waals surface area contributed by atoms with Gasteiger partial charge in [-0.3, -0.25) is 9.10 Å². The zero-order valence-corrected chi connectivity index (χ0v) is 16.3. The first kappa shape index (κ1) is 18.7. The van der Waals surface area contributed by atoms with Crippen molar-refractivity contribution in [3.63, 3.8) is 0 Å². The van der Waals surface area contributed by atoms with Crippen LogP contribution in [0.25, 0.3) is 0 Å². The van der Waals surface area contributed by atoms with E-state index in [1.807, 2.05) is 18.2 Å². The van der Waals surface area contributed by atoms with E-state index < -0.39 is 10.0 Å². The van der Waals surface area contributed by atoms with Crippen LogP contribution in [0.4, 0.5) is 5.69 Å². The second-order valence-corrected chi connectivity index (χ2v) is 9.05. The molecule has 7 heteroatoms. The summed E-state index contributed by atoms with van der Waals surface area (Å²) >= 11 is 6.02. The lowest BCUT2D eigenvalue weighted by atomic mass is 10.1. The number of halogens is 1. The molecule has 0 aliphatic heterocycles. The number of sulfonamides is 1. The summed E-state index contributed by atoms with van der Waals surface area (Å²) < 4.78 is 25.1. The minimum absolute atomic E-state index is 0.0246. The third-order valence-corrected chi connectivity index (χ3v) is 6.77. The van der Waals surface area contributed by atoms with Crippen LogP contribution < -0.4 is 9.62 Å². The van der Waals surface area contributed by atoms with Crippen molar-refractivity contribution in [2.24, 2.45) is 0 Å². The number of aryl methyl sites for hydroxylation is 1. The number of hydrogen-bond donors (Lipinski definition) is 1. The van der Waals surface area contributed by atoms with Crippen molar-refractivity contribution < 1.29 is 13.2 Å². The maximum atomic E-state index is 12.5. The molecule has 1 amide bonds. The standard InChI is InChI=1S/C19H21ClN2O3S/c1-3-26(24,25)22(2)16-8-4-13(5-9-16)19(23)21-18-11-6-14-12-15(20)7-10-17(14)18/h4-5,7-10,12,18H,3,6,11H2,1-2H3,(H,21,23)/t18-/m0/s1. The number of carbonyl (C=O) groups excluding carboxylic acids is 1. The maximum absolute atomic E-state index is 12.5. The molecule has 26 heavy (non-hydrogen) atoms. The molecule has 3 rings (SSSR count). The van der Waals surface area contributed by atoms with Gasteiger partial charge in [-0.2, -0.15) is 0 Å². The number of benzene rings is 2. The lowest BCUT2D eigenvalue weighted by molar-refractivity contribution is 0.0936. The Labute approximate surface area is 159 Å².